The lowest BCUT2D eigenvalue weighted by molar-refractivity contribution is -0.121. The number of para-hydroxylation sites is 2. The first kappa shape index (κ1) is 97.9. The number of phenols is 2. The first-order chi connectivity index (χ1) is 53.6. The molecule has 3 heterocycles. The van der Waals surface area contributed by atoms with E-state index in [-0.39, 0.29) is 107 Å². The van der Waals surface area contributed by atoms with Crippen molar-refractivity contribution in [3.63, 3.8) is 0 Å². The van der Waals surface area contributed by atoms with E-state index in [4.69, 9.17) is 10.2 Å². The van der Waals surface area contributed by atoms with Gasteiger partial charge in [0, 0.05) is 94.2 Å². The summed E-state index contributed by atoms with van der Waals surface area (Å²) >= 11 is 4.54. The number of aromatic hydroxyl groups is 2. The Morgan fingerprint density at radius 3 is 1.21 bits per heavy atom. The molecule has 23 nitrogen and oxygen atoms in total. The molecular formula is C90H120N12O11S. The molecule has 0 fully saturated rings. The molecular weight excluding hydrogens is 1460 g/mol. The zero-order valence-electron chi connectivity index (χ0n) is 69.6. The number of carbonyl (C=O) groups excluding carboxylic acids is 8. The molecule has 0 bridgehead atoms. The maximum Gasteiger partial charge on any atom is 0.287 e. The highest BCUT2D eigenvalue weighted by molar-refractivity contribution is 7.80. The third-order valence-corrected chi connectivity index (χ3v) is 14.3. The number of hydrogen-bond donors (Lipinski definition) is 13. The van der Waals surface area contributed by atoms with Gasteiger partial charge in [-0.05, 0) is 264 Å². The van der Waals surface area contributed by atoms with Gasteiger partial charge in [-0.25, -0.2) is 0 Å². The molecule has 0 aliphatic carbocycles. The number of nitrogens with zero attached hydrogens (tertiary/aromatic N) is 1. The van der Waals surface area contributed by atoms with Crippen LogP contribution < -0.4 is 53.6 Å². The van der Waals surface area contributed by atoms with Crippen LogP contribution in [0.4, 0.5) is 0 Å². The van der Waals surface area contributed by atoms with E-state index in [2.05, 4.69) is 70.0 Å². The molecule has 0 unspecified atom stereocenters. The molecule has 612 valence electrons. The number of nitrogens with two attached hydrogens (primary N) is 1. The van der Waals surface area contributed by atoms with Gasteiger partial charge in [0.05, 0.1) is 29.4 Å². The molecule has 0 radical (unpaired) electrons. The van der Waals surface area contributed by atoms with Crippen LogP contribution in [-0.4, -0.2) is 126 Å². The van der Waals surface area contributed by atoms with Crippen molar-refractivity contribution in [2.45, 2.75) is 199 Å². The number of benzene rings is 7. The minimum Gasteiger partial charge on any atom is -0.507 e. The topological polar surface area (TPSA) is 353 Å². The second-order valence-electron chi connectivity index (χ2n) is 29.5. The number of carbonyl (C=O) groups is 8. The Hall–Kier alpha value is -12.2. The molecule has 3 aromatic heterocycles. The normalized spacial score (nSPS) is 10.3. The monoisotopic (exact) mass is 1580 g/mol. The van der Waals surface area contributed by atoms with E-state index < -0.39 is 0 Å². The number of amides is 8. The highest BCUT2D eigenvalue weighted by atomic mass is 32.1. The Kier molecular flexibility index (Phi) is 44.8. The molecule has 14 N–H and O–H groups in total. The zero-order chi connectivity index (χ0) is 85.6. The number of pyridine rings is 1. The molecule has 0 saturated heterocycles. The molecule has 7 aromatic carbocycles. The number of aryl methyl sites for hydroxylation is 1. The van der Waals surface area contributed by atoms with Crippen LogP contribution in [0.5, 0.6) is 11.5 Å². The Balaban J connectivity index is 0.000000438. The van der Waals surface area contributed by atoms with Crippen molar-refractivity contribution >= 4 is 86.3 Å². The first-order valence-electron chi connectivity index (χ1n) is 37.8. The number of rotatable bonds is 17. The molecule has 8 amide bonds. The summed E-state index contributed by atoms with van der Waals surface area (Å²) in [6.07, 6.45) is 5.09. The van der Waals surface area contributed by atoms with Crippen molar-refractivity contribution in [1.82, 2.24) is 57.8 Å². The van der Waals surface area contributed by atoms with Gasteiger partial charge < -0.3 is 73.2 Å². The number of aromatic nitrogens is 2. The van der Waals surface area contributed by atoms with E-state index >= 15 is 0 Å². The fourth-order valence-electron chi connectivity index (χ4n) is 9.39. The van der Waals surface area contributed by atoms with Gasteiger partial charge in [0.1, 0.15) is 11.5 Å². The highest BCUT2D eigenvalue weighted by Gasteiger charge is 2.18. The van der Waals surface area contributed by atoms with Crippen LogP contribution in [0.15, 0.2) is 223 Å². The van der Waals surface area contributed by atoms with Crippen LogP contribution in [-0.2, 0) is 11.2 Å². The maximum absolute atomic E-state index is 11.8. The number of thiocarbonyl (C=S) groups is 1. The second-order valence-corrected chi connectivity index (χ2v) is 29.9. The van der Waals surface area contributed by atoms with E-state index in [1.54, 1.807) is 91.3 Å². The number of H-pyrrole nitrogens is 1. The minimum absolute atomic E-state index is 0.00463. The van der Waals surface area contributed by atoms with Gasteiger partial charge in [0.15, 0.2) is 10.9 Å². The van der Waals surface area contributed by atoms with Gasteiger partial charge in [-0.3, -0.25) is 43.3 Å². The Labute approximate surface area is 678 Å². The van der Waals surface area contributed by atoms with Gasteiger partial charge in [0.25, 0.3) is 41.4 Å². The largest absolute Gasteiger partial charge is 0.507 e. The molecule has 24 heteroatoms. The van der Waals surface area contributed by atoms with Crippen molar-refractivity contribution in [3.8, 4) is 11.5 Å². The summed E-state index contributed by atoms with van der Waals surface area (Å²) in [5.74, 6) is -0.317. The van der Waals surface area contributed by atoms with Crippen molar-refractivity contribution < 1.29 is 53.0 Å². The summed E-state index contributed by atoms with van der Waals surface area (Å²) in [5.41, 5.74) is 11.5. The van der Waals surface area contributed by atoms with E-state index in [9.17, 15) is 48.6 Å². The third-order valence-electron chi connectivity index (χ3n) is 14.1. The Morgan fingerprint density at radius 1 is 0.412 bits per heavy atom. The van der Waals surface area contributed by atoms with Gasteiger partial charge in [0.2, 0.25) is 5.91 Å². The summed E-state index contributed by atoms with van der Waals surface area (Å²) in [6.45, 7) is 38.7. The van der Waals surface area contributed by atoms with Crippen LogP contribution >= 0.6 is 12.2 Å². The lowest BCUT2D eigenvalue weighted by atomic mass is 10.1. The van der Waals surface area contributed by atoms with E-state index in [0.29, 0.717) is 51.2 Å². The Bertz CT molecular complexity index is 4350. The van der Waals surface area contributed by atoms with E-state index in [0.717, 1.165) is 32.9 Å². The van der Waals surface area contributed by atoms with Crippen LogP contribution in [0, 0.1) is 6.92 Å². The van der Waals surface area contributed by atoms with Gasteiger partial charge >= 0.3 is 0 Å². The van der Waals surface area contributed by atoms with Crippen LogP contribution in [0.3, 0.4) is 0 Å². The average Bonchev–Trinajstić information content (AvgIpc) is 1.38. The van der Waals surface area contributed by atoms with E-state index in [1.807, 2.05) is 254 Å². The SMILES string of the molecule is CC(C)(C)NC(=O)c1ccco1.CC(C)NC(=O)Cc1cc2ccccc2[nH]1.CC(C)NC(=O)c1cc2ccccc2cc1O.CC(C)NC(=O)c1ccccc1.CC(C)NC(=O)c1ccccc1.CC(C)NC(=O)c1ccccc1O.CC(C)NC(=O)c1cccnc1.CC(C)NC(N)=S.Cc1ccc(C(=O)NC(C)C)cc1. The quantitative estimate of drug-likeness (QED) is 0.0377. The lowest BCUT2D eigenvalue weighted by Gasteiger charge is -2.19. The standard InChI is InChI=1S/C14H15NO2.C13H16N2O.C11H15NO.C10H13NO2.2C10H13NO.C9H12N2O.C9H13NO2.C4H10N2S/c1-9(2)15-14(17)12-7-10-5-3-4-6-11(10)8-13(12)16;1-9(2)14-13(16)8-11-7-10-5-3-4-6-12(10)15-11;1-8(2)12-11(13)10-6-4-9(3)5-7-10;1-7(2)11-10(13)8-5-3-4-6-9(8)12;2*1-8(2)11-10(12)9-6-4-3-5-7-9;1-7(2)11-9(12)8-4-3-5-10-6-8;1-9(2,3)10-8(11)7-5-4-6-12-7;1-3(2)6-4(5)7/h3-9,16H,1-2H3,(H,15,17);3-7,9,15H,8H2,1-2H3,(H,14,16);4-8H,1-3H3,(H,12,13);3-7,12H,1-2H3,(H,11,13);2*3-8H,1-2H3,(H,11,12);3-7H,1-2H3,(H,11,12);4-6H,1-3H3,(H,10,11);3H,1-2H3,(H3,5,6,7). The molecule has 0 saturated carbocycles. The van der Waals surface area contributed by atoms with Gasteiger partial charge in [-0.2, -0.15) is 0 Å². The van der Waals surface area contributed by atoms with Crippen LogP contribution in [0.1, 0.15) is 216 Å². The van der Waals surface area contributed by atoms with E-state index in [1.165, 1.54) is 17.9 Å². The fraction of sp³-hybridized carbons (Fsp3) is 0.333. The molecule has 0 aliphatic heterocycles. The van der Waals surface area contributed by atoms with Crippen LogP contribution in [0.2, 0.25) is 0 Å². The van der Waals surface area contributed by atoms with Crippen molar-refractivity contribution in [2.24, 2.45) is 5.73 Å². The summed E-state index contributed by atoms with van der Waals surface area (Å²) in [7, 11) is 0. The number of hydrogen-bond acceptors (Lipinski definition) is 13. The summed E-state index contributed by atoms with van der Waals surface area (Å²) in [5, 5.41) is 47.8. The Morgan fingerprint density at radius 2 is 0.807 bits per heavy atom. The summed E-state index contributed by atoms with van der Waals surface area (Å²) in [4.78, 5) is 98.7. The van der Waals surface area contributed by atoms with Crippen molar-refractivity contribution in [1.29, 1.82) is 0 Å². The number of furan rings is 1. The molecule has 0 spiro atoms. The predicted octanol–water partition coefficient (Wildman–Crippen LogP) is 15.5. The van der Waals surface area contributed by atoms with Crippen molar-refractivity contribution in [3.05, 3.63) is 269 Å². The lowest BCUT2D eigenvalue weighted by Crippen LogP contribution is -2.40. The van der Waals surface area contributed by atoms with Crippen LogP contribution in [0.25, 0.3) is 21.7 Å². The number of phenolic OH excluding ortho intramolecular Hbond substituents is 2. The second kappa shape index (κ2) is 52.1. The molecule has 0 aliphatic rings. The first-order valence-corrected chi connectivity index (χ1v) is 38.2. The smallest absolute Gasteiger partial charge is 0.287 e. The molecule has 10 aromatic rings. The molecule has 114 heavy (non-hydrogen) atoms. The van der Waals surface area contributed by atoms with Gasteiger partial charge in [-0.1, -0.05) is 109 Å². The van der Waals surface area contributed by atoms with Crippen molar-refractivity contribution in [2.75, 3.05) is 0 Å². The summed E-state index contributed by atoms with van der Waals surface area (Å²) in [6, 6.07) is 61.7. The summed E-state index contributed by atoms with van der Waals surface area (Å²) < 4.78 is 4.93. The third kappa shape index (κ3) is 42.9. The minimum atomic E-state index is -0.247. The number of nitrogens with one attached hydrogen (secondary N) is 10. The predicted molar refractivity (Wildman–Crippen MR) is 464 cm³/mol. The maximum atomic E-state index is 11.8. The zero-order valence-corrected chi connectivity index (χ0v) is 70.4. The number of aromatic amines is 1. The average molecular weight is 1580 g/mol. The van der Waals surface area contributed by atoms with Gasteiger partial charge in [-0.15, -0.1) is 0 Å². The molecule has 0 atom stereocenters. The molecule has 10 rings (SSSR count). The fourth-order valence-corrected chi connectivity index (χ4v) is 9.62. The highest BCUT2D eigenvalue weighted by Crippen LogP contribution is 2.25. The number of fused-ring (bicyclic) bond motifs is 2.